The number of hydrogen-bond acceptors (Lipinski definition) is 5. The van der Waals surface area contributed by atoms with E-state index < -0.39 is 6.10 Å². The van der Waals surface area contributed by atoms with E-state index in [4.69, 9.17) is 9.47 Å². The van der Waals surface area contributed by atoms with Crippen molar-refractivity contribution >= 4 is 17.7 Å². The average molecular weight is 489 g/mol. The largest absolute Gasteiger partial charge is 0.462 e. The molecule has 0 heterocycles. The molecule has 35 heavy (non-hydrogen) atoms. The van der Waals surface area contributed by atoms with Gasteiger partial charge in [0.15, 0.2) is 0 Å². The Balaban J connectivity index is 1.80. The van der Waals surface area contributed by atoms with E-state index in [0.29, 0.717) is 30.1 Å². The summed E-state index contributed by atoms with van der Waals surface area (Å²) in [4.78, 5) is 37.1. The number of fused-ring (bicyclic) bond motifs is 5. The van der Waals surface area contributed by atoms with Crippen molar-refractivity contribution in [3.8, 4) is 0 Å². The third-order valence-corrected chi connectivity index (χ3v) is 12.0. The minimum Gasteiger partial charge on any atom is -0.462 e. The molecule has 4 aliphatic rings. The van der Waals surface area contributed by atoms with Crippen LogP contribution in [0.3, 0.4) is 0 Å². The SMILES string of the molecule is CC[C@@]1(C)CCC[C@]2(C)[C@H]3C[C@H](OC(C)=O)[C@]4(C)CC(C(C)=O)[C@H](OC(C)=O)C[C@H]4[C@]3(C)CC[C@@H]12. The molecule has 5 nitrogen and oxygen atoms in total. The second-order valence-corrected chi connectivity index (χ2v) is 13.7. The lowest BCUT2D eigenvalue weighted by atomic mass is 9.34. The minimum absolute atomic E-state index is 0.0583. The Bertz CT molecular complexity index is 882. The first-order valence-corrected chi connectivity index (χ1v) is 14.1. The summed E-state index contributed by atoms with van der Waals surface area (Å²) in [5.74, 6) is 0.502. The van der Waals surface area contributed by atoms with Gasteiger partial charge in [0.25, 0.3) is 0 Å². The Kier molecular flexibility index (Phi) is 6.76. The molecule has 4 fully saturated rings. The normalized spacial score (nSPS) is 49.1. The summed E-state index contributed by atoms with van der Waals surface area (Å²) in [6.45, 7) is 16.7. The second-order valence-electron chi connectivity index (χ2n) is 13.7. The van der Waals surface area contributed by atoms with Crippen LogP contribution in [0.1, 0.15) is 113 Å². The van der Waals surface area contributed by atoms with Gasteiger partial charge in [0.1, 0.15) is 18.0 Å². The molecule has 4 aliphatic carbocycles. The molecule has 0 aromatic rings. The van der Waals surface area contributed by atoms with Gasteiger partial charge in [-0.2, -0.15) is 0 Å². The van der Waals surface area contributed by atoms with Crippen LogP contribution in [0.25, 0.3) is 0 Å². The summed E-state index contributed by atoms with van der Waals surface area (Å²) in [6.07, 6.45) is 8.93. The molecule has 0 aliphatic heterocycles. The van der Waals surface area contributed by atoms with Crippen molar-refractivity contribution < 1.29 is 23.9 Å². The predicted octanol–water partition coefficient (Wildman–Crippen LogP) is 6.51. The van der Waals surface area contributed by atoms with Crippen molar-refractivity contribution in [3.63, 3.8) is 0 Å². The molecule has 0 N–H and O–H groups in total. The summed E-state index contributed by atoms with van der Waals surface area (Å²) >= 11 is 0. The highest BCUT2D eigenvalue weighted by Crippen LogP contribution is 2.73. The molecule has 0 aromatic carbocycles. The topological polar surface area (TPSA) is 69.7 Å². The second kappa shape index (κ2) is 8.87. The lowest BCUT2D eigenvalue weighted by molar-refractivity contribution is -0.252. The van der Waals surface area contributed by atoms with Gasteiger partial charge in [0.2, 0.25) is 0 Å². The van der Waals surface area contributed by atoms with E-state index in [0.717, 1.165) is 12.8 Å². The first-order chi connectivity index (χ1) is 16.2. The van der Waals surface area contributed by atoms with Gasteiger partial charge in [-0.15, -0.1) is 0 Å². The monoisotopic (exact) mass is 488 g/mol. The molecule has 0 saturated heterocycles. The average Bonchev–Trinajstić information content (AvgIpc) is 2.75. The highest BCUT2D eigenvalue weighted by molar-refractivity contribution is 5.79. The van der Waals surface area contributed by atoms with Crippen molar-refractivity contribution in [2.45, 2.75) is 125 Å². The van der Waals surface area contributed by atoms with Crippen molar-refractivity contribution in [2.75, 3.05) is 0 Å². The summed E-state index contributed by atoms with van der Waals surface area (Å²) in [7, 11) is 0. The fourth-order valence-corrected chi connectivity index (χ4v) is 10.3. The first-order valence-electron chi connectivity index (χ1n) is 14.1. The van der Waals surface area contributed by atoms with Gasteiger partial charge in [-0.3, -0.25) is 14.4 Å². The number of hydrogen-bond donors (Lipinski definition) is 0. The van der Waals surface area contributed by atoms with Crippen LogP contribution in [0, 0.1) is 45.3 Å². The first kappa shape index (κ1) is 26.7. The third kappa shape index (κ3) is 4.07. The van der Waals surface area contributed by atoms with Crippen LogP contribution in [-0.2, 0) is 23.9 Å². The molecule has 4 rings (SSSR count). The van der Waals surface area contributed by atoms with E-state index in [2.05, 4.69) is 34.6 Å². The molecule has 5 heteroatoms. The van der Waals surface area contributed by atoms with E-state index in [1.165, 1.54) is 46.0 Å². The fourth-order valence-electron chi connectivity index (χ4n) is 10.3. The molecule has 1 unspecified atom stereocenters. The molecule has 0 amide bonds. The summed E-state index contributed by atoms with van der Waals surface area (Å²) in [5, 5.41) is 0. The standard InChI is InChI=1S/C30H48O5/c1-9-27(5)12-10-13-28(6)23(27)11-14-29(7)24-15-22(34-19(3)32)21(18(2)31)17-30(24,8)26(16-25(28)29)35-20(4)33/h21-26H,9-17H2,1-8H3/t21?,22-,23+,24+,25-,26+,27+,28+,29+,30-/m1/s1. The van der Waals surface area contributed by atoms with Crippen LogP contribution < -0.4 is 0 Å². The molecule has 198 valence electrons. The zero-order valence-electron chi connectivity index (χ0n) is 23.4. The number of esters is 2. The molecular formula is C30H48O5. The fraction of sp³-hybridized carbons (Fsp3) is 0.900. The third-order valence-electron chi connectivity index (χ3n) is 12.0. The van der Waals surface area contributed by atoms with Crippen molar-refractivity contribution in [2.24, 2.45) is 45.3 Å². The number of Topliss-reactive ketones (excluding diaryl/α,β-unsaturated/α-hetero) is 1. The van der Waals surface area contributed by atoms with Crippen LogP contribution in [-0.4, -0.2) is 29.9 Å². The lowest BCUT2D eigenvalue weighted by Crippen LogP contribution is -2.67. The number of ether oxygens (including phenoxy) is 2. The van der Waals surface area contributed by atoms with Crippen LogP contribution in [0.4, 0.5) is 0 Å². The van der Waals surface area contributed by atoms with Crippen LogP contribution >= 0.6 is 0 Å². The van der Waals surface area contributed by atoms with Crippen molar-refractivity contribution in [3.05, 3.63) is 0 Å². The highest BCUT2D eigenvalue weighted by Gasteiger charge is 2.69. The van der Waals surface area contributed by atoms with Gasteiger partial charge in [-0.25, -0.2) is 0 Å². The maximum absolute atomic E-state index is 12.7. The predicted molar refractivity (Wildman–Crippen MR) is 135 cm³/mol. The smallest absolute Gasteiger partial charge is 0.302 e. The molecule has 0 aromatic heterocycles. The van der Waals surface area contributed by atoms with Crippen LogP contribution in [0.15, 0.2) is 0 Å². The molecule has 0 spiro atoms. The van der Waals surface area contributed by atoms with Gasteiger partial charge >= 0.3 is 11.9 Å². The van der Waals surface area contributed by atoms with E-state index in [1.807, 2.05) is 0 Å². The Morgan fingerprint density at radius 1 is 0.771 bits per heavy atom. The minimum atomic E-state index is -0.394. The maximum Gasteiger partial charge on any atom is 0.302 e. The maximum atomic E-state index is 12.7. The molecule has 0 bridgehead atoms. The Labute approximate surface area is 212 Å². The zero-order valence-corrected chi connectivity index (χ0v) is 23.4. The van der Waals surface area contributed by atoms with Gasteiger partial charge < -0.3 is 9.47 Å². The van der Waals surface area contributed by atoms with E-state index in [9.17, 15) is 14.4 Å². The summed E-state index contributed by atoms with van der Waals surface area (Å²) in [5.41, 5.74) is 0.307. The van der Waals surface area contributed by atoms with Crippen molar-refractivity contribution in [1.29, 1.82) is 0 Å². The number of ketones is 1. The Hall–Kier alpha value is -1.39. The number of carbonyl (C=O) groups is 3. The van der Waals surface area contributed by atoms with Gasteiger partial charge in [-0.1, -0.05) is 47.5 Å². The highest BCUT2D eigenvalue weighted by atomic mass is 16.5. The molecule has 10 atom stereocenters. The Morgan fingerprint density at radius 2 is 1.37 bits per heavy atom. The molecule has 4 saturated carbocycles. The van der Waals surface area contributed by atoms with Gasteiger partial charge in [0.05, 0.1) is 5.92 Å². The van der Waals surface area contributed by atoms with E-state index in [-0.39, 0.29) is 51.9 Å². The van der Waals surface area contributed by atoms with Crippen LogP contribution in [0.2, 0.25) is 0 Å². The van der Waals surface area contributed by atoms with Gasteiger partial charge in [-0.05, 0) is 85.9 Å². The summed E-state index contributed by atoms with van der Waals surface area (Å²) < 4.78 is 12.0. The summed E-state index contributed by atoms with van der Waals surface area (Å²) in [6, 6.07) is 0. The molecular weight excluding hydrogens is 440 g/mol. The van der Waals surface area contributed by atoms with Crippen LogP contribution in [0.5, 0.6) is 0 Å². The Morgan fingerprint density at radius 3 is 1.94 bits per heavy atom. The zero-order chi connectivity index (χ0) is 26.0. The lowest BCUT2D eigenvalue weighted by Gasteiger charge is -2.71. The number of rotatable bonds is 4. The molecule has 0 radical (unpaired) electrons. The van der Waals surface area contributed by atoms with Gasteiger partial charge in [0, 0.05) is 19.3 Å². The quantitative estimate of drug-likeness (QED) is 0.422. The van der Waals surface area contributed by atoms with Crippen molar-refractivity contribution in [1.82, 2.24) is 0 Å². The van der Waals surface area contributed by atoms with E-state index >= 15 is 0 Å². The number of carbonyl (C=O) groups excluding carboxylic acids is 3. The van der Waals surface area contributed by atoms with E-state index in [1.54, 1.807) is 6.92 Å².